The van der Waals surface area contributed by atoms with E-state index in [0.717, 1.165) is 41.3 Å². The van der Waals surface area contributed by atoms with Crippen LogP contribution in [0.4, 0.5) is 5.95 Å². The number of anilines is 1. The number of ether oxygens (including phenoxy) is 1. The number of fused-ring (bicyclic) bond motifs is 1. The van der Waals surface area contributed by atoms with Gasteiger partial charge in [-0.3, -0.25) is 18.5 Å². The summed E-state index contributed by atoms with van der Waals surface area (Å²) in [5.74, 6) is 0.725. The molecule has 160 valence electrons. The number of hydrogen-bond acceptors (Lipinski definition) is 6. The minimum Gasteiger partial charge on any atom is -0.383 e. The van der Waals surface area contributed by atoms with E-state index in [1.54, 1.807) is 14.2 Å². The Morgan fingerprint density at radius 3 is 2.60 bits per heavy atom. The summed E-state index contributed by atoms with van der Waals surface area (Å²) in [6, 6.07) is 8.09. The van der Waals surface area contributed by atoms with E-state index in [-0.39, 0.29) is 24.4 Å². The van der Waals surface area contributed by atoms with E-state index >= 15 is 0 Å². The van der Waals surface area contributed by atoms with Crippen LogP contribution in [0, 0.1) is 3.57 Å². The maximum Gasteiger partial charge on any atom is 0.332 e. The monoisotopic (exact) mass is 524 g/mol. The van der Waals surface area contributed by atoms with Crippen LogP contribution in [0.25, 0.3) is 11.2 Å². The average molecular weight is 524 g/mol. The third-order valence-electron chi connectivity index (χ3n) is 5.42. The molecule has 3 aromatic rings. The minimum absolute atomic E-state index is 0.203. The molecular formula is C20H25IN6O3. The summed E-state index contributed by atoms with van der Waals surface area (Å²) in [4.78, 5) is 33.2. The van der Waals surface area contributed by atoms with Crippen molar-refractivity contribution in [2.24, 2.45) is 7.05 Å². The number of rotatable bonds is 6. The summed E-state index contributed by atoms with van der Waals surface area (Å²) < 4.78 is 10.9. The van der Waals surface area contributed by atoms with Gasteiger partial charge in [0, 0.05) is 43.9 Å². The van der Waals surface area contributed by atoms with Crippen molar-refractivity contribution < 1.29 is 4.74 Å². The van der Waals surface area contributed by atoms with E-state index in [4.69, 9.17) is 9.72 Å². The predicted molar refractivity (Wildman–Crippen MR) is 124 cm³/mol. The molecule has 9 nitrogen and oxygen atoms in total. The summed E-state index contributed by atoms with van der Waals surface area (Å²) in [5, 5.41) is 3.35. The lowest BCUT2D eigenvalue weighted by Gasteiger charge is -2.28. The van der Waals surface area contributed by atoms with Crippen LogP contribution in [0.1, 0.15) is 5.56 Å². The standard InChI is InChI=1S/C20H25IN6O3/c1-24-17-16(18(28)26(20(24)29)11-12-30-2)27(13-14-5-3-4-6-15(14)21)19(23-17)25-9-7-22-8-10-25/h3-6,22H,7-13H2,1-2H3. The second-order valence-corrected chi connectivity index (χ2v) is 8.45. The van der Waals surface area contributed by atoms with E-state index in [9.17, 15) is 9.59 Å². The zero-order valence-corrected chi connectivity index (χ0v) is 19.3. The number of nitrogens with zero attached hydrogens (tertiary/aromatic N) is 5. The second-order valence-electron chi connectivity index (χ2n) is 7.29. The van der Waals surface area contributed by atoms with Crippen molar-refractivity contribution in [2.75, 3.05) is 44.8 Å². The number of hydrogen-bond donors (Lipinski definition) is 1. The molecule has 0 saturated carbocycles. The molecule has 0 spiro atoms. The Morgan fingerprint density at radius 1 is 1.17 bits per heavy atom. The molecule has 0 unspecified atom stereocenters. The van der Waals surface area contributed by atoms with E-state index in [1.807, 2.05) is 22.8 Å². The number of imidazole rings is 1. The third kappa shape index (κ3) is 3.79. The normalized spacial score (nSPS) is 14.6. The first kappa shape index (κ1) is 21.1. The molecule has 30 heavy (non-hydrogen) atoms. The van der Waals surface area contributed by atoms with Crippen LogP contribution in [-0.2, 0) is 24.9 Å². The van der Waals surface area contributed by atoms with Crippen molar-refractivity contribution >= 4 is 39.7 Å². The summed E-state index contributed by atoms with van der Waals surface area (Å²) in [6.45, 7) is 4.28. The van der Waals surface area contributed by atoms with E-state index in [0.29, 0.717) is 17.7 Å². The van der Waals surface area contributed by atoms with Crippen LogP contribution < -0.4 is 21.5 Å². The molecule has 1 N–H and O–H groups in total. The van der Waals surface area contributed by atoms with Gasteiger partial charge in [-0.2, -0.15) is 4.98 Å². The highest BCUT2D eigenvalue weighted by atomic mass is 127. The second kappa shape index (κ2) is 8.90. The van der Waals surface area contributed by atoms with Crippen molar-refractivity contribution in [1.29, 1.82) is 0 Å². The van der Waals surface area contributed by atoms with Crippen LogP contribution in [0.3, 0.4) is 0 Å². The van der Waals surface area contributed by atoms with Crippen LogP contribution in [0.5, 0.6) is 0 Å². The van der Waals surface area contributed by atoms with Crippen LogP contribution >= 0.6 is 22.6 Å². The van der Waals surface area contributed by atoms with Crippen LogP contribution in [-0.4, -0.2) is 58.6 Å². The highest BCUT2D eigenvalue weighted by Gasteiger charge is 2.24. The minimum atomic E-state index is -0.379. The average Bonchev–Trinajstić information content (AvgIpc) is 3.14. The number of nitrogens with one attached hydrogen (secondary N) is 1. The Morgan fingerprint density at radius 2 is 1.90 bits per heavy atom. The SMILES string of the molecule is COCCn1c(=O)c2c(nc(N3CCNCC3)n2Cc2ccccc2I)n(C)c1=O. The fourth-order valence-corrected chi connectivity index (χ4v) is 4.35. The first-order chi connectivity index (χ1) is 14.5. The number of methoxy groups -OCH3 is 1. The third-order valence-corrected chi connectivity index (χ3v) is 6.47. The summed E-state index contributed by atoms with van der Waals surface area (Å²) >= 11 is 2.31. The van der Waals surface area contributed by atoms with Crippen molar-refractivity contribution in [1.82, 2.24) is 24.0 Å². The first-order valence-corrected chi connectivity index (χ1v) is 11.0. The molecule has 1 saturated heterocycles. The molecule has 4 rings (SSSR count). The molecule has 1 aliphatic heterocycles. The van der Waals surface area contributed by atoms with Crippen molar-refractivity contribution in [3.8, 4) is 0 Å². The van der Waals surface area contributed by atoms with E-state index < -0.39 is 0 Å². The highest BCUT2D eigenvalue weighted by molar-refractivity contribution is 14.1. The van der Waals surface area contributed by atoms with Crippen LogP contribution in [0.15, 0.2) is 33.9 Å². The van der Waals surface area contributed by atoms with Gasteiger partial charge in [-0.15, -0.1) is 0 Å². The molecule has 0 atom stereocenters. The highest BCUT2D eigenvalue weighted by Crippen LogP contribution is 2.23. The molecule has 1 aliphatic rings. The number of halogens is 1. The van der Waals surface area contributed by atoms with Crippen molar-refractivity contribution in [2.45, 2.75) is 13.1 Å². The maximum atomic E-state index is 13.4. The fraction of sp³-hybridized carbons (Fsp3) is 0.450. The van der Waals surface area contributed by atoms with Gasteiger partial charge in [0.1, 0.15) is 0 Å². The van der Waals surface area contributed by atoms with Crippen molar-refractivity contribution in [3.05, 3.63) is 54.2 Å². The Balaban J connectivity index is 1.96. The Labute approximate surface area is 187 Å². The molecule has 3 heterocycles. The largest absolute Gasteiger partial charge is 0.383 e. The Kier molecular flexibility index (Phi) is 6.25. The quantitative estimate of drug-likeness (QED) is 0.476. The molecule has 1 fully saturated rings. The summed E-state index contributed by atoms with van der Waals surface area (Å²) in [7, 11) is 3.22. The fourth-order valence-electron chi connectivity index (χ4n) is 3.79. The lowest BCUT2D eigenvalue weighted by Crippen LogP contribution is -2.44. The van der Waals surface area contributed by atoms with Gasteiger partial charge in [0.2, 0.25) is 5.95 Å². The van der Waals surface area contributed by atoms with E-state index in [1.165, 1.54) is 9.13 Å². The smallest absolute Gasteiger partial charge is 0.332 e. The van der Waals surface area contributed by atoms with Gasteiger partial charge in [-0.25, -0.2) is 4.79 Å². The predicted octanol–water partition coefficient (Wildman–Crippen LogP) is 0.606. The summed E-state index contributed by atoms with van der Waals surface area (Å²) in [6.07, 6.45) is 0. The molecular weight excluding hydrogens is 499 g/mol. The maximum absolute atomic E-state index is 13.4. The van der Waals surface area contributed by atoms with Crippen molar-refractivity contribution in [3.63, 3.8) is 0 Å². The van der Waals surface area contributed by atoms with Gasteiger partial charge >= 0.3 is 5.69 Å². The van der Waals surface area contributed by atoms with Crippen LogP contribution in [0.2, 0.25) is 0 Å². The topological polar surface area (TPSA) is 86.3 Å². The molecule has 2 aromatic heterocycles. The lowest BCUT2D eigenvalue weighted by atomic mass is 10.2. The molecule has 0 aliphatic carbocycles. The van der Waals surface area contributed by atoms with Gasteiger partial charge in [0.25, 0.3) is 5.56 Å². The molecule has 0 amide bonds. The zero-order valence-electron chi connectivity index (χ0n) is 17.1. The Bertz CT molecular complexity index is 1180. The van der Waals surface area contributed by atoms with Gasteiger partial charge in [0.05, 0.1) is 19.7 Å². The van der Waals surface area contributed by atoms with E-state index in [2.05, 4.69) is 38.9 Å². The molecule has 0 bridgehead atoms. The van der Waals surface area contributed by atoms with Gasteiger partial charge in [-0.05, 0) is 34.2 Å². The van der Waals surface area contributed by atoms with Gasteiger partial charge in [-0.1, -0.05) is 18.2 Å². The zero-order chi connectivity index (χ0) is 21.3. The lowest BCUT2D eigenvalue weighted by molar-refractivity contribution is 0.184. The number of benzene rings is 1. The summed E-state index contributed by atoms with van der Waals surface area (Å²) in [5.41, 5.74) is 1.25. The molecule has 1 aromatic carbocycles. The number of piperazine rings is 1. The molecule has 10 heteroatoms. The molecule has 0 radical (unpaired) electrons. The number of aromatic nitrogens is 4. The first-order valence-electron chi connectivity index (χ1n) is 9.91. The number of aryl methyl sites for hydroxylation is 1. The van der Waals surface area contributed by atoms with Gasteiger partial charge in [0.15, 0.2) is 11.2 Å². The Hall–Kier alpha value is -2.18. The van der Waals surface area contributed by atoms with Gasteiger partial charge < -0.3 is 15.0 Å².